The molecule has 4 rings (SSSR count). The lowest BCUT2D eigenvalue weighted by atomic mass is 10.0. The Kier molecular flexibility index (Phi) is 3.77. The Hall–Kier alpha value is -3.06. The normalized spacial score (nSPS) is 11.0. The maximum absolute atomic E-state index is 12.8. The number of nitrogens with one attached hydrogen (secondary N) is 1. The van der Waals surface area contributed by atoms with E-state index in [-0.39, 0.29) is 5.91 Å². The lowest BCUT2D eigenvalue weighted by Gasteiger charge is -2.09. The highest BCUT2D eigenvalue weighted by atomic mass is 32.1. The molecule has 7 heteroatoms. The summed E-state index contributed by atoms with van der Waals surface area (Å²) >= 11 is 1.40. The minimum Gasteiger partial charge on any atom is -0.298 e. The molecule has 0 fully saturated rings. The van der Waals surface area contributed by atoms with Gasteiger partial charge in [0, 0.05) is 11.6 Å². The number of hydrogen-bond acceptors (Lipinski definition) is 5. The van der Waals surface area contributed by atoms with Crippen molar-refractivity contribution in [2.24, 2.45) is 0 Å². The van der Waals surface area contributed by atoms with E-state index in [4.69, 9.17) is 0 Å². The van der Waals surface area contributed by atoms with E-state index in [0.717, 1.165) is 22.4 Å². The molecule has 3 heterocycles. The van der Waals surface area contributed by atoms with Crippen molar-refractivity contribution >= 4 is 28.0 Å². The topological polar surface area (TPSA) is 72.2 Å². The quantitative estimate of drug-likeness (QED) is 0.612. The Balaban J connectivity index is 1.81. The van der Waals surface area contributed by atoms with Gasteiger partial charge in [-0.25, -0.2) is 4.98 Å². The first-order valence-corrected chi connectivity index (χ1v) is 8.62. The number of fused-ring (bicyclic) bond motifs is 1. The number of aromatic nitrogens is 4. The fourth-order valence-electron chi connectivity index (χ4n) is 2.72. The summed E-state index contributed by atoms with van der Waals surface area (Å²) in [5.74, 6) is -0.247. The first-order chi connectivity index (χ1) is 12.1. The summed E-state index contributed by atoms with van der Waals surface area (Å²) in [5, 5.41) is 13.3. The molecule has 0 aliphatic rings. The molecule has 3 aromatic heterocycles. The van der Waals surface area contributed by atoms with Gasteiger partial charge in [-0.2, -0.15) is 0 Å². The predicted molar refractivity (Wildman–Crippen MR) is 98.0 cm³/mol. The number of carbonyl (C=O) groups is 1. The van der Waals surface area contributed by atoms with Crippen LogP contribution in [0.15, 0.2) is 48.2 Å². The van der Waals surface area contributed by atoms with Crippen LogP contribution < -0.4 is 5.32 Å². The number of carbonyl (C=O) groups excluding carboxylic acids is 1. The molecule has 0 saturated carbocycles. The number of thiazole rings is 1. The van der Waals surface area contributed by atoms with Crippen LogP contribution in [-0.4, -0.2) is 25.5 Å². The average molecular weight is 349 g/mol. The van der Waals surface area contributed by atoms with Crippen molar-refractivity contribution in [3.63, 3.8) is 0 Å². The fraction of sp³-hybridized carbons (Fsp3) is 0.111. The fourth-order valence-corrected chi connectivity index (χ4v) is 3.41. The highest BCUT2D eigenvalue weighted by Gasteiger charge is 2.16. The second kappa shape index (κ2) is 6.10. The van der Waals surface area contributed by atoms with E-state index in [9.17, 15) is 4.79 Å². The summed E-state index contributed by atoms with van der Waals surface area (Å²) in [6, 6.07) is 9.91. The summed E-state index contributed by atoms with van der Waals surface area (Å²) in [7, 11) is 0. The molecule has 1 aromatic carbocycles. The van der Waals surface area contributed by atoms with Gasteiger partial charge in [0.15, 0.2) is 10.8 Å². The summed E-state index contributed by atoms with van der Waals surface area (Å²) < 4.78 is 1.77. The van der Waals surface area contributed by atoms with Crippen LogP contribution >= 0.6 is 11.3 Å². The van der Waals surface area contributed by atoms with Crippen LogP contribution in [0.25, 0.3) is 16.8 Å². The summed E-state index contributed by atoms with van der Waals surface area (Å²) in [4.78, 5) is 17.1. The zero-order valence-corrected chi connectivity index (χ0v) is 14.5. The first kappa shape index (κ1) is 15.5. The van der Waals surface area contributed by atoms with Crippen molar-refractivity contribution in [1.29, 1.82) is 0 Å². The molecular weight excluding hydrogens is 334 g/mol. The molecule has 0 radical (unpaired) electrons. The standard InChI is InChI=1S/C18H15N5OS/c1-11-5-3-4-6-14(11)13-7-15(16-22-19-10-23(16)8-13)17(24)21-18-20-12(2)9-25-18/h3-10H,1-2H3,(H,20,21,24). The van der Waals surface area contributed by atoms with Gasteiger partial charge >= 0.3 is 0 Å². The molecule has 0 spiro atoms. The van der Waals surface area contributed by atoms with Gasteiger partial charge in [0.25, 0.3) is 5.91 Å². The molecule has 25 heavy (non-hydrogen) atoms. The molecule has 0 atom stereocenters. The van der Waals surface area contributed by atoms with Gasteiger partial charge in [-0.15, -0.1) is 21.5 Å². The van der Waals surface area contributed by atoms with Crippen molar-refractivity contribution < 1.29 is 4.79 Å². The lowest BCUT2D eigenvalue weighted by Crippen LogP contribution is -2.13. The maximum atomic E-state index is 12.8. The highest BCUT2D eigenvalue weighted by molar-refractivity contribution is 7.13. The van der Waals surface area contributed by atoms with Crippen LogP contribution in [0.1, 0.15) is 21.6 Å². The minimum absolute atomic E-state index is 0.247. The smallest absolute Gasteiger partial charge is 0.261 e. The summed E-state index contributed by atoms with van der Waals surface area (Å²) in [5.41, 5.74) is 5.00. The monoisotopic (exact) mass is 349 g/mol. The van der Waals surface area contributed by atoms with Gasteiger partial charge in [-0.3, -0.25) is 14.5 Å². The predicted octanol–water partition coefficient (Wildman–Crippen LogP) is 3.72. The number of hydrogen-bond donors (Lipinski definition) is 1. The number of aryl methyl sites for hydroxylation is 2. The molecule has 1 amide bonds. The Morgan fingerprint density at radius 3 is 2.84 bits per heavy atom. The molecular formula is C18H15N5OS. The zero-order chi connectivity index (χ0) is 17.4. The second-order valence-corrected chi connectivity index (χ2v) is 6.63. The molecule has 6 nitrogen and oxygen atoms in total. The Bertz CT molecular complexity index is 1080. The third kappa shape index (κ3) is 2.89. The highest BCUT2D eigenvalue weighted by Crippen LogP contribution is 2.26. The lowest BCUT2D eigenvalue weighted by molar-refractivity contribution is 0.102. The van der Waals surface area contributed by atoms with E-state index >= 15 is 0 Å². The molecule has 0 bridgehead atoms. The van der Waals surface area contributed by atoms with Crippen LogP contribution in [-0.2, 0) is 0 Å². The Morgan fingerprint density at radius 2 is 2.08 bits per heavy atom. The third-order valence-corrected chi connectivity index (χ3v) is 4.81. The van der Waals surface area contributed by atoms with E-state index in [2.05, 4.69) is 20.5 Å². The largest absolute Gasteiger partial charge is 0.298 e. The van der Waals surface area contributed by atoms with Gasteiger partial charge in [-0.05, 0) is 36.6 Å². The third-order valence-electron chi connectivity index (χ3n) is 3.93. The average Bonchev–Trinajstić information content (AvgIpc) is 3.23. The molecule has 4 aromatic rings. The molecule has 124 valence electrons. The van der Waals surface area contributed by atoms with Crippen molar-refractivity contribution in [1.82, 2.24) is 19.6 Å². The van der Waals surface area contributed by atoms with Crippen molar-refractivity contribution in [2.45, 2.75) is 13.8 Å². The minimum atomic E-state index is -0.247. The van der Waals surface area contributed by atoms with Crippen LogP contribution in [0.2, 0.25) is 0 Å². The summed E-state index contributed by atoms with van der Waals surface area (Å²) in [6.07, 6.45) is 3.53. The van der Waals surface area contributed by atoms with Crippen molar-refractivity contribution in [3.05, 3.63) is 65.1 Å². The van der Waals surface area contributed by atoms with Gasteiger partial charge in [0.2, 0.25) is 0 Å². The van der Waals surface area contributed by atoms with E-state index in [1.165, 1.54) is 11.3 Å². The Labute approximate surface area is 148 Å². The van der Waals surface area contributed by atoms with Gasteiger partial charge in [0.1, 0.15) is 6.33 Å². The van der Waals surface area contributed by atoms with Crippen LogP contribution in [0, 0.1) is 13.8 Å². The van der Waals surface area contributed by atoms with Gasteiger partial charge in [0.05, 0.1) is 11.3 Å². The van der Waals surface area contributed by atoms with Crippen LogP contribution in [0.5, 0.6) is 0 Å². The van der Waals surface area contributed by atoms with Gasteiger partial charge in [-0.1, -0.05) is 24.3 Å². The van der Waals surface area contributed by atoms with E-state index in [0.29, 0.717) is 16.3 Å². The van der Waals surface area contributed by atoms with Crippen LogP contribution in [0.4, 0.5) is 5.13 Å². The molecule has 1 N–H and O–H groups in total. The van der Waals surface area contributed by atoms with Gasteiger partial charge < -0.3 is 0 Å². The first-order valence-electron chi connectivity index (χ1n) is 7.75. The van der Waals surface area contributed by atoms with Crippen molar-refractivity contribution in [2.75, 3.05) is 5.32 Å². The summed E-state index contributed by atoms with van der Waals surface area (Å²) in [6.45, 7) is 3.94. The molecule has 0 unspecified atom stereocenters. The number of amides is 1. The maximum Gasteiger partial charge on any atom is 0.261 e. The number of benzene rings is 1. The molecule has 0 saturated heterocycles. The zero-order valence-electron chi connectivity index (χ0n) is 13.7. The number of rotatable bonds is 3. The molecule has 0 aliphatic carbocycles. The SMILES string of the molecule is Cc1csc(NC(=O)c2cc(-c3ccccc3C)cn3cnnc23)n1. The second-order valence-electron chi connectivity index (χ2n) is 5.77. The van der Waals surface area contributed by atoms with E-state index < -0.39 is 0 Å². The number of anilines is 1. The van der Waals surface area contributed by atoms with Crippen molar-refractivity contribution in [3.8, 4) is 11.1 Å². The Morgan fingerprint density at radius 1 is 1.24 bits per heavy atom. The molecule has 0 aliphatic heterocycles. The van der Waals surface area contributed by atoms with E-state index in [1.807, 2.05) is 55.8 Å². The van der Waals surface area contributed by atoms with E-state index in [1.54, 1.807) is 10.7 Å². The van der Waals surface area contributed by atoms with Crippen LogP contribution in [0.3, 0.4) is 0 Å². The number of nitrogens with zero attached hydrogens (tertiary/aromatic N) is 4. The number of pyridine rings is 1.